The molecule has 2 aromatic carbocycles. The number of benzene rings is 2. The Kier molecular flexibility index (Phi) is 4.11. The molecule has 0 radical (unpaired) electrons. The van der Waals surface area contributed by atoms with Gasteiger partial charge >= 0.3 is 0 Å². The summed E-state index contributed by atoms with van der Waals surface area (Å²) in [6.07, 6.45) is 0. The summed E-state index contributed by atoms with van der Waals surface area (Å²) in [4.78, 5) is 10.2. The van der Waals surface area contributed by atoms with Crippen LogP contribution >= 0.6 is 0 Å². The van der Waals surface area contributed by atoms with Gasteiger partial charge in [0.15, 0.2) is 0 Å². The fourth-order valence-electron chi connectivity index (χ4n) is 2.23. The Hall–Kier alpha value is -2.67. The summed E-state index contributed by atoms with van der Waals surface area (Å²) < 4.78 is 0. The highest BCUT2D eigenvalue weighted by Crippen LogP contribution is 2.32. The van der Waals surface area contributed by atoms with Gasteiger partial charge in [-0.1, -0.05) is 49.4 Å². The van der Waals surface area contributed by atoms with Gasteiger partial charge in [-0.25, -0.2) is 0 Å². The van der Waals surface area contributed by atoms with E-state index in [9.17, 15) is 15.4 Å². The average Bonchev–Trinajstić information content (AvgIpc) is 2.49. The summed E-state index contributed by atoms with van der Waals surface area (Å²) in [6, 6.07) is 18.3. The molecule has 0 N–H and O–H groups in total. The minimum atomic E-state index is -0.439. The molecule has 100 valence electrons. The molecular weight excluding hydrogens is 252 g/mol. The first-order chi connectivity index (χ1) is 9.63. The molecule has 0 bridgehead atoms. The van der Waals surface area contributed by atoms with E-state index < -0.39 is 4.92 Å². The first-order valence-corrected chi connectivity index (χ1v) is 6.32. The van der Waals surface area contributed by atoms with E-state index in [4.69, 9.17) is 0 Å². The van der Waals surface area contributed by atoms with Gasteiger partial charge in [-0.05, 0) is 11.1 Å². The molecule has 0 heterocycles. The van der Waals surface area contributed by atoms with Crippen molar-refractivity contribution in [3.8, 4) is 6.07 Å². The van der Waals surface area contributed by atoms with Gasteiger partial charge in [0.1, 0.15) is 0 Å². The summed E-state index contributed by atoms with van der Waals surface area (Å²) >= 11 is 0. The molecule has 0 aromatic heterocycles. The van der Waals surface area contributed by atoms with Crippen LogP contribution in [0.5, 0.6) is 0 Å². The second-order valence-electron chi connectivity index (χ2n) is 4.65. The second kappa shape index (κ2) is 5.98. The summed E-state index contributed by atoms with van der Waals surface area (Å²) in [5.41, 5.74) is 1.92. The lowest BCUT2D eigenvalue weighted by Gasteiger charge is -2.18. The van der Waals surface area contributed by atoms with Gasteiger partial charge in [0, 0.05) is 18.1 Å². The molecule has 0 fully saturated rings. The van der Waals surface area contributed by atoms with Crippen LogP contribution < -0.4 is 0 Å². The molecule has 4 nitrogen and oxygen atoms in total. The summed E-state index contributed by atoms with van der Waals surface area (Å²) in [6.45, 7) is 1.99. The van der Waals surface area contributed by atoms with Gasteiger partial charge < -0.3 is 0 Å². The molecule has 0 aliphatic rings. The van der Waals surface area contributed by atoms with E-state index in [1.165, 1.54) is 12.1 Å². The van der Waals surface area contributed by atoms with Gasteiger partial charge in [-0.3, -0.25) is 10.1 Å². The number of nitrogens with zero attached hydrogens (tertiary/aromatic N) is 2. The Morgan fingerprint density at radius 1 is 1.05 bits per heavy atom. The fourth-order valence-corrected chi connectivity index (χ4v) is 2.23. The fraction of sp³-hybridized carbons (Fsp3) is 0.188. The number of nitriles is 1. The smallest absolute Gasteiger partial charge is 0.258 e. The van der Waals surface area contributed by atoms with Crippen molar-refractivity contribution in [2.45, 2.75) is 18.8 Å². The maximum absolute atomic E-state index is 10.6. The Labute approximate surface area is 117 Å². The Morgan fingerprint density at radius 3 is 2.15 bits per heavy atom. The van der Waals surface area contributed by atoms with E-state index in [1.54, 1.807) is 12.1 Å². The van der Waals surface area contributed by atoms with E-state index in [-0.39, 0.29) is 17.5 Å². The lowest BCUT2D eigenvalue weighted by molar-refractivity contribution is -0.384. The normalized spacial score (nSPS) is 13.2. The van der Waals surface area contributed by atoms with Crippen LogP contribution in [-0.4, -0.2) is 4.92 Å². The molecule has 0 amide bonds. The first kappa shape index (κ1) is 13.8. The number of hydrogen-bond acceptors (Lipinski definition) is 3. The zero-order valence-electron chi connectivity index (χ0n) is 11.1. The molecule has 2 unspecified atom stereocenters. The molecule has 2 atom stereocenters. The molecule has 2 aromatic rings. The molecule has 4 heteroatoms. The molecular formula is C16H14N2O2. The van der Waals surface area contributed by atoms with Crippen molar-refractivity contribution in [2.24, 2.45) is 0 Å². The number of rotatable bonds is 4. The van der Waals surface area contributed by atoms with Gasteiger partial charge in [-0.15, -0.1) is 0 Å². The molecule has 2 rings (SSSR count). The van der Waals surface area contributed by atoms with Crippen molar-refractivity contribution in [1.29, 1.82) is 5.26 Å². The van der Waals surface area contributed by atoms with E-state index in [1.807, 2.05) is 37.3 Å². The van der Waals surface area contributed by atoms with Crippen molar-refractivity contribution >= 4 is 5.69 Å². The lowest BCUT2D eigenvalue weighted by Crippen LogP contribution is -2.06. The van der Waals surface area contributed by atoms with E-state index >= 15 is 0 Å². The maximum atomic E-state index is 10.6. The zero-order valence-corrected chi connectivity index (χ0v) is 11.1. The Morgan fingerprint density at radius 2 is 1.65 bits per heavy atom. The van der Waals surface area contributed by atoms with Crippen LogP contribution in [0.1, 0.15) is 29.9 Å². The number of non-ortho nitro benzene ring substituents is 1. The molecule has 20 heavy (non-hydrogen) atoms. The summed E-state index contributed by atoms with van der Waals surface area (Å²) in [5, 5.41) is 20.1. The third-order valence-corrected chi connectivity index (χ3v) is 3.43. The topological polar surface area (TPSA) is 66.9 Å². The van der Waals surface area contributed by atoms with Crippen LogP contribution in [0.3, 0.4) is 0 Å². The minimum Gasteiger partial charge on any atom is -0.258 e. The minimum absolute atomic E-state index is 0.0302. The van der Waals surface area contributed by atoms with E-state index in [0.29, 0.717) is 0 Å². The largest absolute Gasteiger partial charge is 0.269 e. The predicted molar refractivity (Wildman–Crippen MR) is 76.3 cm³/mol. The van der Waals surface area contributed by atoms with E-state index in [0.717, 1.165) is 11.1 Å². The lowest BCUT2D eigenvalue weighted by atomic mass is 9.84. The first-order valence-electron chi connectivity index (χ1n) is 6.32. The van der Waals surface area contributed by atoms with Crippen molar-refractivity contribution in [3.63, 3.8) is 0 Å². The molecule has 0 saturated heterocycles. The zero-order chi connectivity index (χ0) is 14.5. The highest BCUT2D eigenvalue weighted by molar-refractivity contribution is 5.38. The van der Waals surface area contributed by atoms with Crippen LogP contribution in [0, 0.1) is 21.4 Å². The van der Waals surface area contributed by atoms with Crippen LogP contribution in [-0.2, 0) is 0 Å². The number of nitro benzene ring substituents is 1. The predicted octanol–water partition coefficient (Wildman–Crippen LogP) is 4.01. The number of nitro groups is 1. The quantitative estimate of drug-likeness (QED) is 0.620. The number of hydrogen-bond donors (Lipinski definition) is 0. The highest BCUT2D eigenvalue weighted by atomic mass is 16.6. The second-order valence-corrected chi connectivity index (χ2v) is 4.65. The van der Waals surface area contributed by atoms with Crippen LogP contribution in [0.2, 0.25) is 0 Å². The summed E-state index contributed by atoms with van der Waals surface area (Å²) in [5.74, 6) is -0.291. The van der Waals surface area contributed by atoms with Crippen LogP contribution in [0.15, 0.2) is 54.6 Å². The van der Waals surface area contributed by atoms with E-state index in [2.05, 4.69) is 6.07 Å². The van der Waals surface area contributed by atoms with Gasteiger partial charge in [0.05, 0.1) is 16.9 Å². The highest BCUT2D eigenvalue weighted by Gasteiger charge is 2.21. The van der Waals surface area contributed by atoms with Gasteiger partial charge in [0.25, 0.3) is 5.69 Å². The molecule has 0 saturated carbocycles. The summed E-state index contributed by atoms with van der Waals surface area (Å²) in [7, 11) is 0. The SMILES string of the molecule is CC(c1ccccc1)C(C#N)c1ccc([N+](=O)[O-])cc1. The monoisotopic (exact) mass is 266 g/mol. The standard InChI is InChI=1S/C16H14N2O2/c1-12(13-5-3-2-4-6-13)16(11-17)14-7-9-15(10-8-14)18(19)20/h2-10,12,16H,1H3. The maximum Gasteiger partial charge on any atom is 0.269 e. The van der Waals surface area contributed by atoms with Gasteiger partial charge in [-0.2, -0.15) is 5.26 Å². The molecule has 0 aliphatic carbocycles. The third-order valence-electron chi connectivity index (χ3n) is 3.43. The van der Waals surface area contributed by atoms with Crippen molar-refractivity contribution in [1.82, 2.24) is 0 Å². The van der Waals surface area contributed by atoms with Crippen molar-refractivity contribution in [2.75, 3.05) is 0 Å². The molecule has 0 spiro atoms. The molecule has 0 aliphatic heterocycles. The van der Waals surface area contributed by atoms with Crippen LogP contribution in [0.4, 0.5) is 5.69 Å². The van der Waals surface area contributed by atoms with Crippen molar-refractivity contribution in [3.05, 3.63) is 75.8 Å². The third kappa shape index (κ3) is 2.83. The Balaban J connectivity index is 2.29. The van der Waals surface area contributed by atoms with Crippen LogP contribution in [0.25, 0.3) is 0 Å². The Bertz CT molecular complexity index is 630. The van der Waals surface area contributed by atoms with Gasteiger partial charge in [0.2, 0.25) is 0 Å². The average molecular weight is 266 g/mol. The van der Waals surface area contributed by atoms with Crippen molar-refractivity contribution < 1.29 is 4.92 Å².